The molecular weight excluding hydrogens is 248 g/mol. The van der Waals surface area contributed by atoms with Crippen molar-refractivity contribution in [1.29, 1.82) is 0 Å². The van der Waals surface area contributed by atoms with Gasteiger partial charge in [0.2, 0.25) is 11.8 Å². The van der Waals surface area contributed by atoms with Gasteiger partial charge in [0.15, 0.2) is 0 Å². The molecule has 0 saturated heterocycles. The lowest BCUT2D eigenvalue weighted by Crippen LogP contribution is -2.23. The Morgan fingerprint density at radius 2 is 2.11 bits per heavy atom. The third kappa shape index (κ3) is 4.14. The maximum atomic E-state index is 11.5. The Morgan fingerprint density at radius 1 is 1.39 bits per heavy atom. The number of carbonyl (C=O) groups excluding carboxylic acids is 2. The third-order valence-corrected chi connectivity index (χ3v) is 3.93. The van der Waals surface area contributed by atoms with E-state index in [0.717, 1.165) is 24.8 Å². The molecule has 1 unspecified atom stereocenters. The highest BCUT2D eigenvalue weighted by atomic mass is 32.1. The zero-order valence-electron chi connectivity index (χ0n) is 10.6. The van der Waals surface area contributed by atoms with Crippen LogP contribution in [0.15, 0.2) is 11.4 Å². The van der Waals surface area contributed by atoms with E-state index in [9.17, 15) is 9.59 Å². The molecule has 0 spiro atoms. The second-order valence-electron chi connectivity index (χ2n) is 4.36. The topological polar surface area (TPSA) is 86.2 Å². The Morgan fingerprint density at radius 3 is 2.67 bits per heavy atom. The summed E-state index contributed by atoms with van der Waals surface area (Å²) in [5.41, 5.74) is 11.5. The second-order valence-corrected chi connectivity index (χ2v) is 5.36. The smallest absolute Gasteiger partial charge is 0.225 e. The lowest BCUT2D eigenvalue weighted by Gasteiger charge is -2.13. The highest BCUT2D eigenvalue weighted by Crippen LogP contribution is 2.29. The fourth-order valence-corrected chi connectivity index (χ4v) is 2.93. The van der Waals surface area contributed by atoms with Gasteiger partial charge in [0, 0.05) is 11.3 Å². The average molecular weight is 268 g/mol. The van der Waals surface area contributed by atoms with Crippen LogP contribution < -0.4 is 11.5 Å². The summed E-state index contributed by atoms with van der Waals surface area (Å²) < 4.78 is 0. The van der Waals surface area contributed by atoms with E-state index < -0.39 is 11.8 Å². The molecule has 0 saturated carbocycles. The number of thiophene rings is 1. The first kappa shape index (κ1) is 14.7. The third-order valence-electron chi connectivity index (χ3n) is 2.94. The average Bonchev–Trinajstić information content (AvgIpc) is 2.74. The van der Waals surface area contributed by atoms with Crippen LogP contribution in [0.4, 0.5) is 0 Å². The Hall–Kier alpha value is -1.36. The van der Waals surface area contributed by atoms with E-state index in [1.807, 2.05) is 11.4 Å². The molecule has 0 bridgehead atoms. The van der Waals surface area contributed by atoms with Gasteiger partial charge >= 0.3 is 0 Å². The van der Waals surface area contributed by atoms with Gasteiger partial charge in [0.25, 0.3) is 0 Å². The quantitative estimate of drug-likeness (QED) is 0.754. The van der Waals surface area contributed by atoms with Gasteiger partial charge < -0.3 is 11.5 Å². The molecule has 2 amide bonds. The summed E-state index contributed by atoms with van der Waals surface area (Å²) in [6.45, 7) is 2.13. The molecule has 1 heterocycles. The maximum absolute atomic E-state index is 11.5. The molecule has 4 nitrogen and oxygen atoms in total. The largest absolute Gasteiger partial charge is 0.370 e. The number of hydrogen-bond donors (Lipinski definition) is 2. The predicted octanol–water partition coefficient (Wildman–Crippen LogP) is 1.93. The van der Waals surface area contributed by atoms with Crippen LogP contribution in [0.25, 0.3) is 0 Å². The van der Waals surface area contributed by atoms with E-state index >= 15 is 0 Å². The Bertz CT molecular complexity index is 415. The van der Waals surface area contributed by atoms with Crippen LogP contribution in [0.1, 0.15) is 49.0 Å². The van der Waals surface area contributed by atoms with Crippen LogP contribution in [0.3, 0.4) is 0 Å². The van der Waals surface area contributed by atoms with Crippen molar-refractivity contribution in [1.82, 2.24) is 0 Å². The fourth-order valence-electron chi connectivity index (χ4n) is 1.94. The summed E-state index contributed by atoms with van der Waals surface area (Å²) in [4.78, 5) is 23.5. The summed E-state index contributed by atoms with van der Waals surface area (Å²) in [6, 6.07) is 1.94. The van der Waals surface area contributed by atoms with Crippen molar-refractivity contribution in [2.75, 3.05) is 0 Å². The first-order valence-electron chi connectivity index (χ1n) is 6.20. The number of amides is 2. The van der Waals surface area contributed by atoms with Crippen molar-refractivity contribution in [3.8, 4) is 0 Å². The van der Waals surface area contributed by atoms with Gasteiger partial charge in [-0.05, 0) is 36.3 Å². The fraction of sp³-hybridized carbons (Fsp3) is 0.538. The van der Waals surface area contributed by atoms with E-state index in [2.05, 4.69) is 6.92 Å². The van der Waals surface area contributed by atoms with E-state index in [0.29, 0.717) is 6.42 Å². The van der Waals surface area contributed by atoms with Gasteiger partial charge in [-0.3, -0.25) is 9.59 Å². The minimum absolute atomic E-state index is 0.191. The van der Waals surface area contributed by atoms with Crippen LogP contribution >= 0.6 is 11.3 Å². The molecule has 0 aliphatic heterocycles. The minimum Gasteiger partial charge on any atom is -0.370 e. The predicted molar refractivity (Wildman–Crippen MR) is 73.3 cm³/mol. The molecule has 18 heavy (non-hydrogen) atoms. The monoisotopic (exact) mass is 268 g/mol. The number of nitrogens with two attached hydrogens (primary N) is 2. The molecule has 1 atom stereocenters. The normalized spacial score (nSPS) is 12.3. The first-order valence-corrected chi connectivity index (χ1v) is 7.08. The molecule has 4 N–H and O–H groups in total. The molecule has 1 aromatic rings. The van der Waals surface area contributed by atoms with Crippen molar-refractivity contribution in [3.05, 3.63) is 21.9 Å². The first-order chi connectivity index (χ1) is 8.56. The number of rotatable bonds is 8. The molecule has 0 radical (unpaired) electrons. The SMILES string of the molecule is CCCCc1sccc1C(CCC(N)=O)C(N)=O. The molecule has 5 heteroatoms. The van der Waals surface area contributed by atoms with Crippen molar-refractivity contribution in [3.63, 3.8) is 0 Å². The van der Waals surface area contributed by atoms with Crippen molar-refractivity contribution < 1.29 is 9.59 Å². The zero-order valence-corrected chi connectivity index (χ0v) is 11.5. The summed E-state index contributed by atoms with van der Waals surface area (Å²) in [5.74, 6) is -1.17. The Labute approximate surface area is 111 Å². The maximum Gasteiger partial charge on any atom is 0.225 e. The lowest BCUT2D eigenvalue weighted by molar-refractivity contribution is -0.120. The minimum atomic E-state index is -0.397. The van der Waals surface area contributed by atoms with Crippen LogP contribution in [0.2, 0.25) is 0 Å². The number of carbonyl (C=O) groups is 2. The van der Waals surface area contributed by atoms with Crippen molar-refractivity contribution in [2.24, 2.45) is 11.5 Å². The molecule has 100 valence electrons. The van der Waals surface area contributed by atoms with E-state index in [4.69, 9.17) is 11.5 Å². The summed E-state index contributed by atoms with van der Waals surface area (Å²) in [6.07, 6.45) is 3.76. The highest BCUT2D eigenvalue weighted by Gasteiger charge is 2.22. The molecule has 1 rings (SSSR count). The molecule has 1 aromatic heterocycles. The standard InChI is InChI=1S/C13H20N2O2S/c1-2-3-4-11-9(7-8-18-11)10(13(15)17)5-6-12(14)16/h7-8,10H,2-6H2,1H3,(H2,14,16)(H2,15,17). The summed E-state index contributed by atoms with van der Waals surface area (Å²) in [5, 5.41) is 1.97. The van der Waals surface area contributed by atoms with Crippen molar-refractivity contribution in [2.45, 2.75) is 44.9 Å². The van der Waals surface area contributed by atoms with Crippen LogP contribution in [-0.4, -0.2) is 11.8 Å². The van der Waals surface area contributed by atoms with Crippen LogP contribution in [-0.2, 0) is 16.0 Å². The number of hydrogen-bond acceptors (Lipinski definition) is 3. The van der Waals surface area contributed by atoms with Crippen molar-refractivity contribution >= 4 is 23.2 Å². The van der Waals surface area contributed by atoms with Gasteiger partial charge in [-0.25, -0.2) is 0 Å². The second kappa shape index (κ2) is 7.16. The van der Waals surface area contributed by atoms with Gasteiger partial charge in [-0.2, -0.15) is 0 Å². The van der Waals surface area contributed by atoms with E-state index in [-0.39, 0.29) is 12.3 Å². The summed E-state index contributed by atoms with van der Waals surface area (Å²) >= 11 is 1.65. The van der Waals surface area contributed by atoms with Gasteiger partial charge in [-0.15, -0.1) is 11.3 Å². The Kier molecular flexibility index (Phi) is 5.85. The van der Waals surface area contributed by atoms with E-state index in [1.165, 1.54) is 4.88 Å². The Balaban J connectivity index is 2.81. The van der Waals surface area contributed by atoms with Crippen LogP contribution in [0, 0.1) is 0 Å². The molecule has 0 aliphatic carbocycles. The number of aryl methyl sites for hydroxylation is 1. The van der Waals surface area contributed by atoms with Gasteiger partial charge in [-0.1, -0.05) is 13.3 Å². The number of unbranched alkanes of at least 4 members (excludes halogenated alkanes) is 1. The zero-order chi connectivity index (χ0) is 13.5. The molecule has 0 fully saturated rings. The molecule has 0 aliphatic rings. The van der Waals surface area contributed by atoms with Gasteiger partial charge in [0.05, 0.1) is 5.92 Å². The lowest BCUT2D eigenvalue weighted by atomic mass is 9.92. The molecular formula is C13H20N2O2S. The van der Waals surface area contributed by atoms with E-state index in [1.54, 1.807) is 11.3 Å². The summed E-state index contributed by atoms with van der Waals surface area (Å²) in [7, 11) is 0. The highest BCUT2D eigenvalue weighted by molar-refractivity contribution is 7.10. The van der Waals surface area contributed by atoms with Gasteiger partial charge in [0.1, 0.15) is 0 Å². The van der Waals surface area contributed by atoms with Crippen LogP contribution in [0.5, 0.6) is 0 Å². The number of primary amides is 2. The molecule has 0 aromatic carbocycles.